The molecular weight excluding hydrogens is 366 g/mol. The second kappa shape index (κ2) is 7.55. The molecule has 0 unspecified atom stereocenters. The minimum atomic E-state index is -0.146. The second-order valence-electron chi connectivity index (χ2n) is 6.48. The topological polar surface area (TPSA) is 88.4 Å². The van der Waals surface area contributed by atoms with Gasteiger partial charge in [-0.05, 0) is 35.9 Å². The van der Waals surface area contributed by atoms with E-state index in [1.165, 1.54) is 0 Å². The number of rotatable bonds is 4. The fourth-order valence-corrected chi connectivity index (χ4v) is 3.18. The first-order valence-corrected chi connectivity index (χ1v) is 9.09. The van der Waals surface area contributed by atoms with E-state index in [1.54, 1.807) is 43.1 Å². The van der Waals surface area contributed by atoms with Crippen LogP contribution < -0.4 is 10.6 Å². The van der Waals surface area contributed by atoms with Gasteiger partial charge in [0.2, 0.25) is 0 Å². The molecule has 4 aromatic rings. The van der Waals surface area contributed by atoms with Crippen LogP contribution in [0.1, 0.15) is 20.7 Å². The monoisotopic (exact) mass is 385 g/mol. The molecule has 0 saturated carbocycles. The molecule has 0 radical (unpaired) electrons. The Morgan fingerprint density at radius 3 is 2.07 bits per heavy atom. The van der Waals surface area contributed by atoms with Gasteiger partial charge in [-0.25, -0.2) is 9.50 Å². The average Bonchev–Trinajstić information content (AvgIpc) is 3.21. The Hall–Kier alpha value is -4.00. The van der Waals surface area contributed by atoms with E-state index in [2.05, 4.69) is 20.7 Å². The van der Waals surface area contributed by atoms with Crippen LogP contribution in [-0.4, -0.2) is 40.5 Å². The van der Waals surface area contributed by atoms with Crippen molar-refractivity contribution in [2.45, 2.75) is 0 Å². The van der Waals surface area contributed by atoms with Gasteiger partial charge in [-0.3, -0.25) is 9.59 Å². The maximum absolute atomic E-state index is 11.9. The van der Waals surface area contributed by atoms with Crippen LogP contribution in [-0.2, 0) is 0 Å². The van der Waals surface area contributed by atoms with Gasteiger partial charge in [0, 0.05) is 36.3 Å². The van der Waals surface area contributed by atoms with Crippen LogP contribution in [0.4, 0.5) is 0 Å². The predicted octanol–water partition coefficient (Wildman–Crippen LogP) is 2.78. The van der Waals surface area contributed by atoms with E-state index < -0.39 is 0 Å². The third-order valence-electron chi connectivity index (χ3n) is 4.69. The second-order valence-corrected chi connectivity index (χ2v) is 6.48. The molecule has 0 fully saturated rings. The zero-order valence-electron chi connectivity index (χ0n) is 16.0. The van der Waals surface area contributed by atoms with Crippen LogP contribution in [0.5, 0.6) is 0 Å². The smallest absolute Gasteiger partial charge is 0.251 e. The molecule has 7 heteroatoms. The summed E-state index contributed by atoms with van der Waals surface area (Å²) >= 11 is 0. The number of amides is 2. The van der Waals surface area contributed by atoms with Gasteiger partial charge < -0.3 is 10.6 Å². The van der Waals surface area contributed by atoms with Crippen molar-refractivity contribution in [2.75, 3.05) is 14.1 Å². The number of nitrogens with one attached hydrogen (secondary N) is 2. The Morgan fingerprint density at radius 1 is 0.793 bits per heavy atom. The van der Waals surface area contributed by atoms with Gasteiger partial charge in [-0.2, -0.15) is 5.10 Å². The highest BCUT2D eigenvalue weighted by atomic mass is 16.2. The lowest BCUT2D eigenvalue weighted by Crippen LogP contribution is -2.17. The van der Waals surface area contributed by atoms with Gasteiger partial charge in [0.15, 0.2) is 5.65 Å². The van der Waals surface area contributed by atoms with Crippen molar-refractivity contribution in [1.29, 1.82) is 0 Å². The van der Waals surface area contributed by atoms with E-state index >= 15 is 0 Å². The van der Waals surface area contributed by atoms with Crippen LogP contribution in [0.25, 0.3) is 28.0 Å². The number of nitrogens with zero attached hydrogens (tertiary/aromatic N) is 3. The number of aromatic nitrogens is 3. The Labute approximate surface area is 167 Å². The van der Waals surface area contributed by atoms with E-state index in [4.69, 9.17) is 0 Å². The molecule has 0 spiro atoms. The lowest BCUT2D eigenvalue weighted by molar-refractivity contribution is 0.0955. The van der Waals surface area contributed by atoms with Gasteiger partial charge >= 0.3 is 0 Å². The zero-order chi connectivity index (χ0) is 20.4. The Morgan fingerprint density at radius 2 is 1.41 bits per heavy atom. The van der Waals surface area contributed by atoms with E-state index in [1.807, 2.05) is 42.5 Å². The lowest BCUT2D eigenvalue weighted by atomic mass is 10.0. The fourth-order valence-electron chi connectivity index (χ4n) is 3.18. The summed E-state index contributed by atoms with van der Waals surface area (Å²) in [4.78, 5) is 28.3. The highest BCUT2D eigenvalue weighted by Gasteiger charge is 2.12. The minimum Gasteiger partial charge on any atom is -0.355 e. The molecule has 4 rings (SSSR count). The molecule has 0 atom stereocenters. The quantitative estimate of drug-likeness (QED) is 0.565. The molecule has 144 valence electrons. The van der Waals surface area contributed by atoms with E-state index in [0.717, 1.165) is 22.4 Å². The van der Waals surface area contributed by atoms with Crippen molar-refractivity contribution in [3.05, 3.63) is 78.1 Å². The van der Waals surface area contributed by atoms with Crippen molar-refractivity contribution in [2.24, 2.45) is 0 Å². The summed E-state index contributed by atoms with van der Waals surface area (Å²) in [5, 5.41) is 9.79. The van der Waals surface area contributed by atoms with Crippen LogP contribution in [0.15, 0.2) is 67.0 Å². The van der Waals surface area contributed by atoms with Crippen molar-refractivity contribution in [3.63, 3.8) is 0 Å². The molecule has 0 aliphatic rings. The highest BCUT2D eigenvalue weighted by molar-refractivity contribution is 5.96. The number of hydrogen-bond acceptors (Lipinski definition) is 4. The summed E-state index contributed by atoms with van der Waals surface area (Å²) in [7, 11) is 3.21. The molecule has 2 aromatic carbocycles. The van der Waals surface area contributed by atoms with Gasteiger partial charge in [0.1, 0.15) is 0 Å². The normalized spacial score (nSPS) is 10.7. The molecule has 0 bridgehead atoms. The summed E-state index contributed by atoms with van der Waals surface area (Å²) < 4.78 is 1.73. The molecule has 29 heavy (non-hydrogen) atoms. The predicted molar refractivity (Wildman–Crippen MR) is 111 cm³/mol. The number of carbonyl (C=O) groups is 2. The number of benzene rings is 2. The average molecular weight is 385 g/mol. The molecule has 2 aromatic heterocycles. The maximum Gasteiger partial charge on any atom is 0.251 e. The van der Waals surface area contributed by atoms with Crippen molar-refractivity contribution >= 4 is 17.5 Å². The number of carbonyl (C=O) groups excluding carboxylic acids is 2. The molecule has 2 N–H and O–H groups in total. The van der Waals surface area contributed by atoms with E-state index in [9.17, 15) is 9.59 Å². The largest absolute Gasteiger partial charge is 0.355 e. The molecular formula is C22H19N5O2. The molecule has 0 aliphatic carbocycles. The van der Waals surface area contributed by atoms with Gasteiger partial charge in [-0.1, -0.05) is 24.3 Å². The van der Waals surface area contributed by atoms with Gasteiger partial charge in [0.05, 0.1) is 18.1 Å². The van der Waals surface area contributed by atoms with Gasteiger partial charge in [-0.15, -0.1) is 0 Å². The van der Waals surface area contributed by atoms with Crippen molar-refractivity contribution in [3.8, 4) is 22.4 Å². The van der Waals surface area contributed by atoms with E-state index in [-0.39, 0.29) is 11.8 Å². The first-order chi connectivity index (χ1) is 14.1. The SMILES string of the molecule is CNC(=O)c1cccc(-c2cnn3c(-c4cccc(C(=O)NC)c4)cnc3c2)c1. The maximum atomic E-state index is 11.9. The molecule has 7 nitrogen and oxygen atoms in total. The summed E-state index contributed by atoms with van der Waals surface area (Å²) in [5.41, 5.74) is 5.21. The standard InChI is InChI=1S/C22H19N5O2/c1-23-21(28)16-7-3-5-14(9-16)18-11-20-25-13-19(27(20)26-12-18)15-6-4-8-17(10-15)22(29)24-2/h3-13H,1-2H3,(H,23,28)(H,24,29). The van der Waals surface area contributed by atoms with Crippen molar-refractivity contribution < 1.29 is 9.59 Å². The van der Waals surface area contributed by atoms with Crippen LogP contribution in [0.2, 0.25) is 0 Å². The number of hydrogen-bond donors (Lipinski definition) is 2. The summed E-state index contributed by atoms with van der Waals surface area (Å²) in [6.07, 6.45) is 3.47. The zero-order valence-corrected chi connectivity index (χ0v) is 16.0. The van der Waals surface area contributed by atoms with Gasteiger partial charge in [0.25, 0.3) is 11.8 Å². The Kier molecular flexibility index (Phi) is 4.78. The van der Waals surface area contributed by atoms with Crippen LogP contribution in [0, 0.1) is 0 Å². The third kappa shape index (κ3) is 3.45. The number of imidazole rings is 1. The summed E-state index contributed by atoms with van der Waals surface area (Å²) in [6.45, 7) is 0. The van der Waals surface area contributed by atoms with Crippen LogP contribution in [0.3, 0.4) is 0 Å². The summed E-state index contributed by atoms with van der Waals surface area (Å²) in [5.74, 6) is -0.285. The van der Waals surface area contributed by atoms with E-state index in [0.29, 0.717) is 16.8 Å². The molecule has 0 aliphatic heterocycles. The Balaban J connectivity index is 1.74. The first-order valence-electron chi connectivity index (χ1n) is 9.09. The lowest BCUT2D eigenvalue weighted by Gasteiger charge is -2.07. The third-order valence-corrected chi connectivity index (χ3v) is 4.69. The highest BCUT2D eigenvalue weighted by Crippen LogP contribution is 2.25. The minimum absolute atomic E-state index is 0.139. The number of fused-ring (bicyclic) bond motifs is 1. The Bertz CT molecular complexity index is 1230. The van der Waals surface area contributed by atoms with Crippen molar-refractivity contribution in [1.82, 2.24) is 25.2 Å². The molecule has 0 saturated heterocycles. The van der Waals surface area contributed by atoms with Crippen LogP contribution >= 0.6 is 0 Å². The summed E-state index contributed by atoms with van der Waals surface area (Å²) in [6, 6.07) is 16.6. The molecule has 2 heterocycles. The first kappa shape index (κ1) is 18.4. The molecule has 2 amide bonds. The fraction of sp³-hybridized carbons (Fsp3) is 0.0909.